The van der Waals surface area contributed by atoms with Gasteiger partial charge in [-0.05, 0) is 32.9 Å². The van der Waals surface area contributed by atoms with Gasteiger partial charge < -0.3 is 15.0 Å². The Morgan fingerprint density at radius 1 is 1.25 bits per heavy atom. The molecule has 1 atom stereocenters. The average molecular weight is 325 g/mol. The highest BCUT2D eigenvalue weighted by atomic mass is 16.5. The van der Waals surface area contributed by atoms with Crippen LogP contribution in [0, 0.1) is 0 Å². The number of pyridine rings is 1. The molecule has 3 rings (SSSR count). The first-order valence-corrected chi connectivity index (χ1v) is 8.19. The Balaban J connectivity index is 1.80. The quantitative estimate of drug-likeness (QED) is 0.914. The van der Waals surface area contributed by atoms with Crippen LogP contribution in [0.5, 0.6) is 0 Å². The van der Waals surface area contributed by atoms with E-state index in [1.807, 2.05) is 63.2 Å². The maximum atomic E-state index is 12.7. The third-order valence-electron chi connectivity index (χ3n) is 3.95. The Hall–Kier alpha value is -2.40. The molecule has 2 amide bonds. The number of nitrogens with zero attached hydrogens (tertiary/aromatic N) is 2. The van der Waals surface area contributed by atoms with Crippen LogP contribution in [0.4, 0.5) is 10.5 Å². The van der Waals surface area contributed by atoms with Crippen LogP contribution in [-0.2, 0) is 4.74 Å². The molecule has 5 heteroatoms. The maximum Gasteiger partial charge on any atom is 0.322 e. The third-order valence-corrected chi connectivity index (χ3v) is 3.95. The molecule has 0 spiro atoms. The predicted octanol–water partition coefficient (Wildman–Crippen LogP) is 3.78. The van der Waals surface area contributed by atoms with Crippen molar-refractivity contribution < 1.29 is 9.53 Å². The van der Waals surface area contributed by atoms with Crippen LogP contribution in [0.3, 0.4) is 0 Å². The molecule has 2 heterocycles. The first kappa shape index (κ1) is 16.5. The fourth-order valence-electron chi connectivity index (χ4n) is 3.13. The number of hydrogen-bond donors (Lipinski definition) is 1. The van der Waals surface area contributed by atoms with Gasteiger partial charge in [-0.25, -0.2) is 4.79 Å². The largest absolute Gasteiger partial charge is 0.369 e. The van der Waals surface area contributed by atoms with Crippen molar-refractivity contribution in [1.29, 1.82) is 0 Å². The number of carbonyl (C=O) groups is 1. The normalized spacial score (nSPS) is 19.8. The highest BCUT2D eigenvalue weighted by Gasteiger charge is 2.33. The summed E-state index contributed by atoms with van der Waals surface area (Å²) in [6.45, 7) is 7.13. The number of nitrogens with one attached hydrogen (secondary N) is 1. The highest BCUT2D eigenvalue weighted by molar-refractivity contribution is 5.93. The molecule has 1 fully saturated rings. The van der Waals surface area contributed by atoms with E-state index in [0.29, 0.717) is 18.8 Å². The molecule has 1 saturated heterocycles. The van der Waals surface area contributed by atoms with Crippen LogP contribution >= 0.6 is 0 Å². The molecular formula is C19H23N3O2. The summed E-state index contributed by atoms with van der Waals surface area (Å²) in [4.78, 5) is 19.0. The van der Waals surface area contributed by atoms with E-state index in [2.05, 4.69) is 10.3 Å². The summed E-state index contributed by atoms with van der Waals surface area (Å²) in [5.74, 6) is 0. The van der Waals surface area contributed by atoms with Gasteiger partial charge in [0.2, 0.25) is 0 Å². The van der Waals surface area contributed by atoms with Gasteiger partial charge in [-0.1, -0.05) is 30.3 Å². The van der Waals surface area contributed by atoms with Gasteiger partial charge in [0.15, 0.2) is 0 Å². The fourth-order valence-corrected chi connectivity index (χ4v) is 3.13. The summed E-state index contributed by atoms with van der Waals surface area (Å²) in [5.41, 5.74) is 2.12. The minimum absolute atomic E-state index is 0.0157. The SMILES string of the molecule is CC1CN(C(=O)Nc2cccnc2-c2ccccc2)CC(C)(C)O1. The molecule has 126 valence electrons. The minimum Gasteiger partial charge on any atom is -0.369 e. The maximum absolute atomic E-state index is 12.7. The number of hydrogen-bond acceptors (Lipinski definition) is 3. The van der Waals surface area contributed by atoms with Crippen molar-refractivity contribution in [1.82, 2.24) is 9.88 Å². The number of aromatic nitrogens is 1. The molecule has 0 aliphatic carbocycles. The van der Waals surface area contributed by atoms with Crippen LogP contribution in [0.1, 0.15) is 20.8 Å². The summed E-state index contributed by atoms with van der Waals surface area (Å²) in [6, 6.07) is 13.4. The van der Waals surface area contributed by atoms with Crippen molar-refractivity contribution in [2.45, 2.75) is 32.5 Å². The second kappa shape index (κ2) is 6.61. The zero-order chi connectivity index (χ0) is 17.2. The number of morpholine rings is 1. The van der Waals surface area contributed by atoms with E-state index in [0.717, 1.165) is 11.3 Å². The number of anilines is 1. The Bertz CT molecular complexity index is 716. The molecule has 1 unspecified atom stereocenters. The van der Waals surface area contributed by atoms with E-state index in [-0.39, 0.29) is 17.7 Å². The Morgan fingerprint density at radius 2 is 2.00 bits per heavy atom. The van der Waals surface area contributed by atoms with Crippen LogP contribution in [0.2, 0.25) is 0 Å². The van der Waals surface area contributed by atoms with Crippen LogP contribution in [0.25, 0.3) is 11.3 Å². The van der Waals surface area contributed by atoms with Gasteiger partial charge in [0.1, 0.15) is 0 Å². The zero-order valence-electron chi connectivity index (χ0n) is 14.3. The van der Waals surface area contributed by atoms with Crippen LogP contribution < -0.4 is 5.32 Å². The Labute approximate surface area is 142 Å². The van der Waals surface area contributed by atoms with Gasteiger partial charge in [0.25, 0.3) is 0 Å². The van der Waals surface area contributed by atoms with Gasteiger partial charge in [0.05, 0.1) is 29.6 Å². The number of rotatable bonds is 2. The standard InChI is InChI=1S/C19H23N3O2/c1-14-12-22(13-19(2,3)24-14)18(23)21-16-10-7-11-20-17(16)15-8-5-4-6-9-15/h4-11,14H,12-13H2,1-3H3,(H,21,23). The van der Waals surface area contributed by atoms with Crippen molar-refractivity contribution in [3.63, 3.8) is 0 Å². The molecule has 5 nitrogen and oxygen atoms in total. The van der Waals surface area contributed by atoms with E-state index in [1.165, 1.54) is 0 Å². The molecule has 0 bridgehead atoms. The minimum atomic E-state index is -0.341. The molecule has 24 heavy (non-hydrogen) atoms. The summed E-state index contributed by atoms with van der Waals surface area (Å²) in [6.07, 6.45) is 1.75. The number of urea groups is 1. The topological polar surface area (TPSA) is 54.5 Å². The highest BCUT2D eigenvalue weighted by Crippen LogP contribution is 2.26. The van der Waals surface area contributed by atoms with Gasteiger partial charge in [-0.15, -0.1) is 0 Å². The molecule has 1 aliphatic rings. The van der Waals surface area contributed by atoms with Gasteiger partial charge in [-0.3, -0.25) is 4.98 Å². The molecule has 1 aliphatic heterocycles. The van der Waals surface area contributed by atoms with E-state index in [1.54, 1.807) is 11.1 Å². The van der Waals surface area contributed by atoms with Gasteiger partial charge in [0, 0.05) is 18.3 Å². The second-order valence-corrected chi connectivity index (χ2v) is 6.76. The van der Waals surface area contributed by atoms with Gasteiger partial charge >= 0.3 is 6.03 Å². The van der Waals surface area contributed by atoms with Crippen molar-refractivity contribution in [2.75, 3.05) is 18.4 Å². The number of benzene rings is 1. The fraction of sp³-hybridized carbons (Fsp3) is 0.368. The molecule has 1 aromatic heterocycles. The monoisotopic (exact) mass is 325 g/mol. The Kier molecular flexibility index (Phi) is 4.53. The van der Waals surface area contributed by atoms with Crippen molar-refractivity contribution >= 4 is 11.7 Å². The number of ether oxygens (including phenoxy) is 1. The van der Waals surface area contributed by atoms with Crippen LogP contribution in [0.15, 0.2) is 48.7 Å². The average Bonchev–Trinajstić information content (AvgIpc) is 2.54. The van der Waals surface area contributed by atoms with E-state index < -0.39 is 0 Å². The summed E-state index contributed by atoms with van der Waals surface area (Å²) in [5, 5.41) is 3.01. The molecule has 2 aromatic rings. The predicted molar refractivity (Wildman–Crippen MR) is 94.9 cm³/mol. The molecule has 1 aromatic carbocycles. The lowest BCUT2D eigenvalue weighted by Gasteiger charge is -2.41. The third kappa shape index (κ3) is 3.74. The number of carbonyl (C=O) groups excluding carboxylic acids is 1. The Morgan fingerprint density at radius 3 is 2.71 bits per heavy atom. The van der Waals surface area contributed by atoms with Gasteiger partial charge in [-0.2, -0.15) is 0 Å². The van der Waals surface area contributed by atoms with Crippen molar-refractivity contribution in [2.24, 2.45) is 0 Å². The first-order valence-electron chi connectivity index (χ1n) is 8.19. The zero-order valence-corrected chi connectivity index (χ0v) is 14.3. The molecule has 0 saturated carbocycles. The second-order valence-electron chi connectivity index (χ2n) is 6.76. The number of amides is 2. The van der Waals surface area contributed by atoms with E-state index in [4.69, 9.17) is 4.74 Å². The lowest BCUT2D eigenvalue weighted by molar-refractivity contribution is -0.116. The van der Waals surface area contributed by atoms with E-state index >= 15 is 0 Å². The van der Waals surface area contributed by atoms with Crippen molar-refractivity contribution in [3.8, 4) is 11.3 Å². The smallest absolute Gasteiger partial charge is 0.322 e. The van der Waals surface area contributed by atoms with E-state index in [9.17, 15) is 4.79 Å². The van der Waals surface area contributed by atoms with Crippen LogP contribution in [-0.4, -0.2) is 40.7 Å². The lowest BCUT2D eigenvalue weighted by atomic mass is 10.1. The summed E-state index contributed by atoms with van der Waals surface area (Å²) >= 11 is 0. The molecule has 1 N–H and O–H groups in total. The summed E-state index contributed by atoms with van der Waals surface area (Å²) in [7, 11) is 0. The molecule has 0 radical (unpaired) electrons. The van der Waals surface area contributed by atoms with Crippen molar-refractivity contribution in [3.05, 3.63) is 48.7 Å². The lowest BCUT2D eigenvalue weighted by Crippen LogP contribution is -2.54. The first-order chi connectivity index (χ1) is 11.4. The summed E-state index contributed by atoms with van der Waals surface area (Å²) < 4.78 is 5.86. The molecular weight excluding hydrogens is 302 g/mol.